The summed E-state index contributed by atoms with van der Waals surface area (Å²) in [4.78, 5) is 23.3. The second kappa shape index (κ2) is 7.21. The van der Waals surface area contributed by atoms with Crippen molar-refractivity contribution in [2.75, 3.05) is 11.1 Å². The Kier molecular flexibility index (Phi) is 5.31. The summed E-state index contributed by atoms with van der Waals surface area (Å²) in [6.07, 6.45) is 0.750. The predicted molar refractivity (Wildman–Crippen MR) is 78.9 cm³/mol. The Morgan fingerprint density at radius 2 is 2.23 bits per heavy atom. The van der Waals surface area contributed by atoms with E-state index in [0.29, 0.717) is 17.8 Å². The van der Waals surface area contributed by atoms with Crippen LogP contribution in [0.4, 0.5) is 14.5 Å². The van der Waals surface area contributed by atoms with Gasteiger partial charge in [-0.15, -0.1) is 5.10 Å². The first kappa shape index (κ1) is 16.2. The number of amides is 1. The third kappa shape index (κ3) is 3.94. The summed E-state index contributed by atoms with van der Waals surface area (Å²) in [5.41, 5.74) is -0.436. The average Bonchev–Trinajstić information content (AvgIpc) is 2.81. The molecule has 0 aliphatic carbocycles. The molecule has 0 spiro atoms. The van der Waals surface area contributed by atoms with E-state index in [9.17, 15) is 18.4 Å². The number of benzene rings is 1. The van der Waals surface area contributed by atoms with Crippen LogP contribution < -0.4 is 11.0 Å². The second-order valence-corrected chi connectivity index (χ2v) is 5.37. The van der Waals surface area contributed by atoms with Gasteiger partial charge in [0.1, 0.15) is 11.6 Å². The summed E-state index contributed by atoms with van der Waals surface area (Å²) in [6, 6.07) is 2.89. The second-order valence-electron chi connectivity index (χ2n) is 4.42. The standard InChI is InChI=1S/C13H14F2N4O2S/c1-2-5-19-12(21)17-18-13(19)22-7-11(20)16-10-4-3-8(14)6-9(10)15/h3-4,6H,2,5,7H2,1H3,(H,16,20)(H,17,21). The third-order valence-corrected chi connectivity index (χ3v) is 3.68. The molecule has 0 unspecified atom stereocenters. The van der Waals surface area contributed by atoms with Crippen LogP contribution >= 0.6 is 11.8 Å². The molecule has 1 heterocycles. The normalized spacial score (nSPS) is 10.7. The van der Waals surface area contributed by atoms with Crippen molar-refractivity contribution in [1.82, 2.24) is 14.8 Å². The van der Waals surface area contributed by atoms with Gasteiger partial charge in [0.05, 0.1) is 11.4 Å². The summed E-state index contributed by atoms with van der Waals surface area (Å²) in [7, 11) is 0. The van der Waals surface area contributed by atoms with Crippen LogP contribution in [0.15, 0.2) is 28.2 Å². The van der Waals surface area contributed by atoms with E-state index >= 15 is 0 Å². The molecule has 0 fully saturated rings. The number of halogens is 2. The van der Waals surface area contributed by atoms with Crippen molar-refractivity contribution in [1.29, 1.82) is 0 Å². The first-order chi connectivity index (χ1) is 10.5. The molecule has 1 aromatic heterocycles. The fraction of sp³-hybridized carbons (Fsp3) is 0.308. The third-order valence-electron chi connectivity index (χ3n) is 2.71. The van der Waals surface area contributed by atoms with Crippen molar-refractivity contribution in [3.8, 4) is 0 Å². The van der Waals surface area contributed by atoms with Gasteiger partial charge in [0.15, 0.2) is 5.16 Å². The number of hydrogen-bond acceptors (Lipinski definition) is 4. The highest BCUT2D eigenvalue weighted by Crippen LogP contribution is 2.17. The van der Waals surface area contributed by atoms with Gasteiger partial charge in [-0.2, -0.15) is 0 Å². The van der Waals surface area contributed by atoms with Crippen LogP contribution in [0.5, 0.6) is 0 Å². The summed E-state index contributed by atoms with van der Waals surface area (Å²) in [5.74, 6) is -2.09. The van der Waals surface area contributed by atoms with Crippen LogP contribution in [0.1, 0.15) is 13.3 Å². The van der Waals surface area contributed by atoms with E-state index in [4.69, 9.17) is 0 Å². The number of rotatable bonds is 6. The maximum Gasteiger partial charge on any atom is 0.343 e. The highest BCUT2D eigenvalue weighted by atomic mass is 32.2. The van der Waals surface area contributed by atoms with Gasteiger partial charge in [-0.05, 0) is 18.6 Å². The lowest BCUT2D eigenvalue weighted by atomic mass is 10.3. The number of hydrogen-bond donors (Lipinski definition) is 2. The summed E-state index contributed by atoms with van der Waals surface area (Å²) >= 11 is 1.06. The van der Waals surface area contributed by atoms with Crippen molar-refractivity contribution in [2.45, 2.75) is 25.0 Å². The summed E-state index contributed by atoms with van der Waals surface area (Å²) < 4.78 is 27.6. The number of nitrogens with zero attached hydrogens (tertiary/aromatic N) is 2. The largest absolute Gasteiger partial charge is 0.343 e. The van der Waals surface area contributed by atoms with Crippen LogP contribution in [-0.4, -0.2) is 26.4 Å². The summed E-state index contributed by atoms with van der Waals surface area (Å²) in [5, 5.41) is 8.87. The number of carbonyl (C=O) groups excluding carboxylic acids is 1. The fourth-order valence-corrected chi connectivity index (χ4v) is 2.51. The molecule has 0 saturated carbocycles. The number of aromatic nitrogens is 3. The fourth-order valence-electron chi connectivity index (χ4n) is 1.74. The number of nitrogens with one attached hydrogen (secondary N) is 2. The maximum atomic E-state index is 13.4. The highest BCUT2D eigenvalue weighted by molar-refractivity contribution is 7.99. The Morgan fingerprint density at radius 3 is 2.91 bits per heavy atom. The van der Waals surface area contributed by atoms with Crippen LogP contribution in [0, 0.1) is 11.6 Å². The van der Waals surface area contributed by atoms with Crippen LogP contribution in [0.2, 0.25) is 0 Å². The lowest BCUT2D eigenvalue weighted by molar-refractivity contribution is -0.113. The average molecular weight is 328 g/mol. The van der Waals surface area contributed by atoms with Gasteiger partial charge in [0.2, 0.25) is 5.91 Å². The van der Waals surface area contributed by atoms with Crippen LogP contribution in [0.3, 0.4) is 0 Å². The minimum atomic E-state index is -0.846. The zero-order chi connectivity index (χ0) is 16.1. The molecule has 9 heteroatoms. The molecule has 0 bridgehead atoms. The molecular formula is C13H14F2N4O2S. The van der Waals surface area contributed by atoms with Gasteiger partial charge in [-0.3, -0.25) is 9.36 Å². The number of thioether (sulfide) groups is 1. The SMILES string of the molecule is CCCn1c(SCC(=O)Nc2ccc(F)cc2F)n[nH]c1=O. The van der Waals surface area contributed by atoms with E-state index in [0.717, 1.165) is 30.3 Å². The molecule has 22 heavy (non-hydrogen) atoms. The van der Waals surface area contributed by atoms with E-state index in [-0.39, 0.29) is 17.1 Å². The highest BCUT2D eigenvalue weighted by Gasteiger charge is 2.12. The molecule has 1 aromatic carbocycles. The Morgan fingerprint density at radius 1 is 1.45 bits per heavy atom. The van der Waals surface area contributed by atoms with Gasteiger partial charge in [0.25, 0.3) is 0 Å². The van der Waals surface area contributed by atoms with Gasteiger partial charge in [0, 0.05) is 12.6 Å². The Labute approximate surface area is 128 Å². The molecular weight excluding hydrogens is 314 g/mol. The molecule has 0 aliphatic heterocycles. The lowest BCUT2D eigenvalue weighted by Gasteiger charge is -2.06. The molecule has 118 valence electrons. The molecule has 2 N–H and O–H groups in total. The first-order valence-electron chi connectivity index (χ1n) is 6.54. The molecule has 2 aromatic rings. The Balaban J connectivity index is 1.97. The Bertz CT molecular complexity index is 729. The molecule has 0 atom stereocenters. The van der Waals surface area contributed by atoms with Gasteiger partial charge >= 0.3 is 5.69 Å². The monoisotopic (exact) mass is 328 g/mol. The van der Waals surface area contributed by atoms with E-state index in [2.05, 4.69) is 15.5 Å². The molecule has 0 aliphatic rings. The Hall–Kier alpha value is -2.16. The zero-order valence-electron chi connectivity index (χ0n) is 11.7. The van der Waals surface area contributed by atoms with Gasteiger partial charge in [-0.25, -0.2) is 18.7 Å². The van der Waals surface area contributed by atoms with Gasteiger partial charge < -0.3 is 5.32 Å². The van der Waals surface area contributed by atoms with Crippen molar-refractivity contribution in [3.63, 3.8) is 0 Å². The van der Waals surface area contributed by atoms with Crippen molar-refractivity contribution < 1.29 is 13.6 Å². The van der Waals surface area contributed by atoms with Gasteiger partial charge in [-0.1, -0.05) is 18.7 Å². The zero-order valence-corrected chi connectivity index (χ0v) is 12.5. The van der Waals surface area contributed by atoms with E-state index in [1.54, 1.807) is 0 Å². The smallest absolute Gasteiger partial charge is 0.323 e. The minimum Gasteiger partial charge on any atom is -0.323 e. The molecule has 6 nitrogen and oxygen atoms in total. The molecule has 0 saturated heterocycles. The van der Waals surface area contributed by atoms with Crippen LogP contribution in [0.25, 0.3) is 0 Å². The van der Waals surface area contributed by atoms with E-state index < -0.39 is 17.5 Å². The molecule has 2 rings (SSSR count). The number of anilines is 1. The summed E-state index contributed by atoms with van der Waals surface area (Å²) in [6.45, 7) is 2.41. The van der Waals surface area contributed by atoms with Crippen LogP contribution in [-0.2, 0) is 11.3 Å². The number of aromatic amines is 1. The predicted octanol–water partition coefficient (Wildman–Crippen LogP) is 1.99. The maximum absolute atomic E-state index is 13.4. The quantitative estimate of drug-likeness (QED) is 0.795. The first-order valence-corrected chi connectivity index (χ1v) is 7.52. The van der Waals surface area contributed by atoms with E-state index in [1.165, 1.54) is 4.57 Å². The molecule has 1 amide bonds. The van der Waals surface area contributed by atoms with Crippen molar-refractivity contribution >= 4 is 23.4 Å². The number of carbonyl (C=O) groups is 1. The lowest BCUT2D eigenvalue weighted by Crippen LogP contribution is -2.19. The van der Waals surface area contributed by atoms with E-state index in [1.807, 2.05) is 6.92 Å². The van der Waals surface area contributed by atoms with Crippen molar-refractivity contribution in [3.05, 3.63) is 40.3 Å². The number of H-pyrrole nitrogens is 1. The molecule has 0 radical (unpaired) electrons. The van der Waals surface area contributed by atoms with Crippen molar-refractivity contribution in [2.24, 2.45) is 0 Å². The topological polar surface area (TPSA) is 79.8 Å². The minimum absolute atomic E-state index is 0.0508.